The van der Waals surface area contributed by atoms with Crippen LogP contribution in [0, 0.1) is 0 Å². The number of aromatic amines is 1. The van der Waals surface area contributed by atoms with E-state index in [0.717, 1.165) is 16.8 Å². The van der Waals surface area contributed by atoms with Gasteiger partial charge in [0, 0.05) is 17.8 Å². The Hall–Kier alpha value is -3.49. The summed E-state index contributed by atoms with van der Waals surface area (Å²) in [4.78, 5) is 59.4. The van der Waals surface area contributed by atoms with Gasteiger partial charge in [-0.15, -0.1) is 0 Å². The minimum absolute atomic E-state index is 0.217. The van der Waals surface area contributed by atoms with E-state index in [1.165, 1.54) is 6.92 Å². The number of benzene rings is 1. The van der Waals surface area contributed by atoms with Crippen molar-refractivity contribution >= 4 is 23.3 Å². The Labute approximate surface area is 141 Å². The van der Waals surface area contributed by atoms with Crippen LogP contribution >= 0.6 is 0 Å². The second-order valence-corrected chi connectivity index (χ2v) is 5.05. The van der Waals surface area contributed by atoms with Crippen LogP contribution in [0.5, 0.6) is 0 Å². The van der Waals surface area contributed by atoms with E-state index < -0.39 is 36.3 Å². The molecule has 9 heteroatoms. The molecule has 0 atom stereocenters. The zero-order valence-corrected chi connectivity index (χ0v) is 13.3. The highest BCUT2D eigenvalue weighted by atomic mass is 16.5. The van der Waals surface area contributed by atoms with Gasteiger partial charge in [0.15, 0.2) is 12.4 Å². The van der Waals surface area contributed by atoms with Gasteiger partial charge in [-0.25, -0.2) is 4.79 Å². The zero-order chi connectivity index (χ0) is 18.4. The van der Waals surface area contributed by atoms with Gasteiger partial charge in [-0.3, -0.25) is 28.7 Å². The van der Waals surface area contributed by atoms with E-state index in [2.05, 4.69) is 5.32 Å². The monoisotopic (exact) mass is 345 g/mol. The maximum absolute atomic E-state index is 11.8. The Morgan fingerprint density at radius 1 is 1.16 bits per heavy atom. The third-order valence-corrected chi connectivity index (χ3v) is 3.14. The molecular weight excluding hydrogens is 330 g/mol. The largest absolute Gasteiger partial charge is 0.454 e. The molecule has 0 saturated carbocycles. The lowest BCUT2D eigenvalue weighted by Gasteiger charge is -2.09. The van der Waals surface area contributed by atoms with Gasteiger partial charge < -0.3 is 10.1 Å². The number of esters is 1. The molecule has 0 aliphatic rings. The number of H-pyrrole nitrogens is 1. The molecule has 0 fully saturated rings. The Balaban J connectivity index is 1.92. The van der Waals surface area contributed by atoms with E-state index in [1.807, 2.05) is 4.98 Å². The smallest absolute Gasteiger partial charge is 0.328 e. The first kappa shape index (κ1) is 17.9. The first-order chi connectivity index (χ1) is 11.9. The molecule has 2 N–H and O–H groups in total. The molecule has 2 aromatic rings. The van der Waals surface area contributed by atoms with Crippen LogP contribution in [0.4, 0.5) is 5.69 Å². The van der Waals surface area contributed by atoms with Gasteiger partial charge in [-0.05, 0) is 19.1 Å². The Kier molecular flexibility index (Phi) is 5.62. The van der Waals surface area contributed by atoms with E-state index in [-0.39, 0.29) is 5.78 Å². The van der Waals surface area contributed by atoms with Gasteiger partial charge in [-0.2, -0.15) is 0 Å². The molecule has 0 saturated heterocycles. The first-order valence-corrected chi connectivity index (χ1v) is 7.22. The fraction of sp³-hybridized carbons (Fsp3) is 0.188. The van der Waals surface area contributed by atoms with Crippen LogP contribution in [0.25, 0.3) is 0 Å². The molecule has 0 bridgehead atoms. The van der Waals surface area contributed by atoms with Crippen LogP contribution in [0.1, 0.15) is 17.3 Å². The van der Waals surface area contributed by atoms with Crippen LogP contribution in [0.3, 0.4) is 0 Å². The highest BCUT2D eigenvalue weighted by Gasteiger charge is 2.12. The molecule has 2 rings (SSSR count). The van der Waals surface area contributed by atoms with E-state index >= 15 is 0 Å². The van der Waals surface area contributed by atoms with Gasteiger partial charge >= 0.3 is 11.7 Å². The molecule has 0 aliphatic carbocycles. The molecule has 0 aliphatic heterocycles. The maximum Gasteiger partial charge on any atom is 0.328 e. The van der Waals surface area contributed by atoms with Crippen molar-refractivity contribution in [3.05, 3.63) is 62.9 Å². The number of ketones is 1. The number of ether oxygens (including phenoxy) is 1. The summed E-state index contributed by atoms with van der Waals surface area (Å²) in [5, 5.41) is 2.48. The molecule has 130 valence electrons. The molecule has 25 heavy (non-hydrogen) atoms. The molecule has 1 amide bonds. The fourth-order valence-electron chi connectivity index (χ4n) is 1.98. The average molecular weight is 345 g/mol. The number of nitrogens with one attached hydrogen (secondary N) is 2. The Morgan fingerprint density at radius 3 is 2.56 bits per heavy atom. The number of carbonyl (C=O) groups is 3. The highest BCUT2D eigenvalue weighted by molar-refractivity contribution is 6.04. The van der Waals surface area contributed by atoms with Crippen molar-refractivity contribution in [1.29, 1.82) is 0 Å². The number of aromatic nitrogens is 2. The third kappa shape index (κ3) is 4.99. The summed E-state index contributed by atoms with van der Waals surface area (Å²) in [5.41, 5.74) is -0.697. The number of rotatable bonds is 6. The lowest BCUT2D eigenvalue weighted by Crippen LogP contribution is -2.32. The van der Waals surface area contributed by atoms with Crippen LogP contribution in [-0.2, 0) is 20.9 Å². The lowest BCUT2D eigenvalue weighted by molar-refractivity contribution is -0.148. The number of anilines is 1. The molecule has 0 spiro atoms. The fourth-order valence-corrected chi connectivity index (χ4v) is 1.98. The molecule has 1 aromatic heterocycles. The first-order valence-electron chi connectivity index (χ1n) is 7.22. The Morgan fingerprint density at radius 2 is 1.88 bits per heavy atom. The van der Waals surface area contributed by atoms with Crippen molar-refractivity contribution in [1.82, 2.24) is 9.55 Å². The van der Waals surface area contributed by atoms with E-state index in [1.54, 1.807) is 24.3 Å². The number of hydrogen-bond donors (Lipinski definition) is 2. The number of carbonyl (C=O) groups excluding carboxylic acids is 3. The van der Waals surface area contributed by atoms with Gasteiger partial charge in [0.1, 0.15) is 6.54 Å². The second-order valence-electron chi connectivity index (χ2n) is 5.05. The maximum atomic E-state index is 11.8. The highest BCUT2D eigenvalue weighted by Crippen LogP contribution is 2.15. The van der Waals surface area contributed by atoms with Crippen LogP contribution in [-0.4, -0.2) is 33.8 Å². The quantitative estimate of drug-likeness (QED) is 0.557. The number of nitrogens with zero attached hydrogens (tertiary/aromatic N) is 1. The Bertz CT molecular complexity index is 928. The van der Waals surface area contributed by atoms with Crippen LogP contribution in [0.2, 0.25) is 0 Å². The minimum atomic E-state index is -0.829. The van der Waals surface area contributed by atoms with Crippen molar-refractivity contribution < 1.29 is 19.1 Å². The van der Waals surface area contributed by atoms with Crippen molar-refractivity contribution in [3.8, 4) is 0 Å². The number of amides is 1. The molecule has 0 unspecified atom stereocenters. The molecule has 9 nitrogen and oxygen atoms in total. The average Bonchev–Trinajstić information content (AvgIpc) is 2.56. The molecule has 1 heterocycles. The summed E-state index contributed by atoms with van der Waals surface area (Å²) >= 11 is 0. The second kappa shape index (κ2) is 7.86. The van der Waals surface area contributed by atoms with Crippen LogP contribution < -0.4 is 16.6 Å². The van der Waals surface area contributed by atoms with Gasteiger partial charge in [0.05, 0.1) is 5.69 Å². The van der Waals surface area contributed by atoms with E-state index in [0.29, 0.717) is 11.3 Å². The van der Waals surface area contributed by atoms with Gasteiger partial charge in [0.2, 0.25) is 0 Å². The number of hydrogen-bond acceptors (Lipinski definition) is 6. The summed E-state index contributed by atoms with van der Waals surface area (Å²) in [5.74, 6) is -1.68. The summed E-state index contributed by atoms with van der Waals surface area (Å²) in [6, 6.07) is 7.51. The summed E-state index contributed by atoms with van der Waals surface area (Å²) in [6.45, 7) is 0.336. The van der Waals surface area contributed by atoms with Gasteiger partial charge in [-0.1, -0.05) is 12.1 Å². The summed E-state index contributed by atoms with van der Waals surface area (Å²) < 4.78 is 5.72. The number of Topliss-reactive ketones (excluding diaryl/α,β-unsaturated/α-hetero) is 1. The summed E-state index contributed by atoms with van der Waals surface area (Å²) in [7, 11) is 0. The topological polar surface area (TPSA) is 127 Å². The SMILES string of the molecule is CC(=O)c1ccccc1NC(=O)COC(=O)Cn1ccc(=O)[nH]c1=O. The van der Waals surface area contributed by atoms with E-state index in [9.17, 15) is 24.0 Å². The zero-order valence-electron chi connectivity index (χ0n) is 13.3. The van der Waals surface area contributed by atoms with E-state index in [4.69, 9.17) is 4.74 Å². The van der Waals surface area contributed by atoms with Crippen LogP contribution in [0.15, 0.2) is 46.1 Å². The molecule has 1 aromatic carbocycles. The summed E-state index contributed by atoms with van der Waals surface area (Å²) in [6.07, 6.45) is 1.14. The van der Waals surface area contributed by atoms with Gasteiger partial charge in [0.25, 0.3) is 11.5 Å². The number of para-hydroxylation sites is 1. The lowest BCUT2D eigenvalue weighted by atomic mass is 10.1. The normalized spacial score (nSPS) is 10.1. The standard InChI is InChI=1S/C16H15N3O6/c1-10(20)11-4-2-3-5-12(11)17-14(22)9-25-15(23)8-19-7-6-13(21)18-16(19)24/h2-7H,8-9H2,1H3,(H,17,22)(H,18,21,24). The molecular formula is C16H15N3O6. The van der Waals surface area contributed by atoms with Crippen molar-refractivity contribution in [3.63, 3.8) is 0 Å². The third-order valence-electron chi connectivity index (χ3n) is 3.14. The molecule has 0 radical (unpaired) electrons. The van der Waals surface area contributed by atoms with Crippen molar-refractivity contribution in [2.45, 2.75) is 13.5 Å². The predicted octanol–water partition coefficient (Wildman–Crippen LogP) is -0.0789. The van der Waals surface area contributed by atoms with Crippen molar-refractivity contribution in [2.75, 3.05) is 11.9 Å². The van der Waals surface area contributed by atoms with Crippen molar-refractivity contribution in [2.24, 2.45) is 0 Å². The predicted molar refractivity (Wildman–Crippen MR) is 87.4 cm³/mol. The minimum Gasteiger partial charge on any atom is -0.454 e.